The van der Waals surface area contributed by atoms with Gasteiger partial charge in [-0.2, -0.15) is 16.8 Å². The first-order valence-corrected chi connectivity index (χ1v) is 42.7. The lowest BCUT2D eigenvalue weighted by atomic mass is 10.0. The molecule has 0 bridgehead atoms. The average molecular weight is 1550 g/mol. The van der Waals surface area contributed by atoms with Gasteiger partial charge in [0.1, 0.15) is 0 Å². The highest BCUT2D eigenvalue weighted by molar-refractivity contribution is 7.86. The second kappa shape index (κ2) is 38.9. The second-order valence-corrected chi connectivity index (χ2v) is 34.3. The van der Waals surface area contributed by atoms with E-state index in [9.17, 15) is 21.4 Å². The number of ether oxygens (including phenoxy) is 3. The van der Waals surface area contributed by atoms with Crippen molar-refractivity contribution in [2.75, 3.05) is 44.3 Å². The largest absolute Gasteiger partial charge is 0.377 e. The van der Waals surface area contributed by atoms with Gasteiger partial charge >= 0.3 is 0 Å². The zero-order valence-electron chi connectivity index (χ0n) is 66.3. The summed E-state index contributed by atoms with van der Waals surface area (Å²) < 4.78 is 81.4. The molecule has 0 spiro atoms. The molecule has 2 N–H and O–H groups in total. The third kappa shape index (κ3) is 23.8. The molecule has 0 unspecified atom stereocenters. The van der Waals surface area contributed by atoms with Crippen molar-refractivity contribution in [3.63, 3.8) is 0 Å². The molecule has 0 aromatic heterocycles. The maximum atomic E-state index is 11.3. The van der Waals surface area contributed by atoms with Crippen molar-refractivity contribution in [3.05, 3.63) is 336 Å². The van der Waals surface area contributed by atoms with Gasteiger partial charge in [0, 0.05) is 81.5 Å². The summed E-state index contributed by atoms with van der Waals surface area (Å²) in [5.41, 5.74) is 26.0. The Labute approximate surface area is 670 Å². The summed E-state index contributed by atoms with van der Waals surface area (Å²) in [5, 5.41) is 0. The SMILES string of the molecule is CC(C)Cc1ccc(N(c2ccc(COCCCS(=O)(=O)O)cc2)c2ccc(-c3ccc(N(c4ccc(COCc5ccc(N(c6ccc(COCCCS(=O)(=O)O)cc6)c6ccc(-c7ccc(N(c8ccc(CC(C)C)cc8)c8ccc(CC(C)C)cc8)cc7)cc6)cc5)cc4)c4ccc(CC(C)C)cc4)cc3)cc2)cc1. The Morgan fingerprint density at radius 2 is 0.381 bits per heavy atom. The number of hydrogen-bond acceptors (Lipinski definition) is 11. The van der Waals surface area contributed by atoms with Gasteiger partial charge in [-0.1, -0.05) is 201 Å². The summed E-state index contributed by atoms with van der Waals surface area (Å²) in [6.07, 6.45) is 4.49. The molecule has 0 saturated heterocycles. The van der Waals surface area contributed by atoms with E-state index < -0.39 is 20.2 Å². The summed E-state index contributed by atoms with van der Waals surface area (Å²) in [6.45, 7) is 19.9. The van der Waals surface area contributed by atoms with Crippen LogP contribution < -0.4 is 19.6 Å². The summed E-state index contributed by atoms with van der Waals surface area (Å²) >= 11 is 0. The van der Waals surface area contributed by atoms with Gasteiger partial charge in [0.05, 0.1) is 37.9 Å². The van der Waals surface area contributed by atoms with Crippen LogP contribution in [0.3, 0.4) is 0 Å². The molecular weight excluding hydrogens is 1440 g/mol. The average Bonchev–Trinajstić information content (AvgIpc) is 0.804. The van der Waals surface area contributed by atoms with E-state index in [1.54, 1.807) is 0 Å². The third-order valence-corrected chi connectivity index (χ3v) is 21.4. The van der Waals surface area contributed by atoms with E-state index in [0.717, 1.165) is 138 Å². The van der Waals surface area contributed by atoms with E-state index in [0.29, 0.717) is 50.1 Å². The standard InChI is InChI=1S/C98H106N4O9S2/c1-71(2)63-75-11-35-87(36-12-75)99(88-37-13-76(14-38-88)64-72(3)4)95-51-27-83(28-52-95)86-33-57-98(58-34-86)102(92-45-21-80(22-46-92)68-110-60-10-62-113(106,107)108)94-49-25-82(26-50-94)70-111-69-81-23-47-93(48-24-81)101(90-41-17-78(18-42-90)66-74(7)8)97-55-31-85(32-56-97)84-29-53-96(54-30-84)100(89-39-15-77(16-40-89)65-73(5)6)91-43-19-79(20-44-91)67-109-59-9-61-112(103,104)105/h11-58,71-74H,9-10,59-70H2,1-8H3,(H,103,104,105)(H,106,107,108). The Morgan fingerprint density at radius 3 is 0.540 bits per heavy atom. The van der Waals surface area contributed by atoms with E-state index in [2.05, 4.69) is 342 Å². The molecule has 0 aliphatic rings. The van der Waals surface area contributed by atoms with Crippen molar-refractivity contribution in [1.29, 1.82) is 0 Å². The number of benzene rings is 12. The zero-order valence-corrected chi connectivity index (χ0v) is 67.9. The molecule has 113 heavy (non-hydrogen) atoms. The van der Waals surface area contributed by atoms with E-state index >= 15 is 0 Å². The predicted molar refractivity (Wildman–Crippen MR) is 467 cm³/mol. The Hall–Kier alpha value is -10.5. The van der Waals surface area contributed by atoms with Crippen LogP contribution in [-0.2, 0) is 86.6 Å². The number of hydrogen-bond donors (Lipinski definition) is 2. The normalized spacial score (nSPS) is 11.8. The molecule has 0 aliphatic carbocycles. The Balaban J connectivity index is 0.737. The topological polar surface area (TPSA) is 149 Å². The zero-order chi connectivity index (χ0) is 79.4. The Kier molecular flexibility index (Phi) is 28.2. The van der Waals surface area contributed by atoms with Gasteiger partial charge < -0.3 is 33.8 Å². The van der Waals surface area contributed by atoms with Crippen LogP contribution in [0.25, 0.3) is 22.3 Å². The highest BCUT2D eigenvalue weighted by atomic mass is 32.2. The van der Waals surface area contributed by atoms with Gasteiger partial charge in [-0.3, -0.25) is 9.11 Å². The molecule has 584 valence electrons. The lowest BCUT2D eigenvalue weighted by Crippen LogP contribution is -2.11. The highest BCUT2D eigenvalue weighted by Crippen LogP contribution is 2.42. The van der Waals surface area contributed by atoms with Crippen LogP contribution >= 0.6 is 0 Å². The molecule has 0 radical (unpaired) electrons. The predicted octanol–water partition coefficient (Wildman–Crippen LogP) is 25.0. The lowest BCUT2D eigenvalue weighted by Gasteiger charge is -2.27. The monoisotopic (exact) mass is 1550 g/mol. The van der Waals surface area contributed by atoms with Crippen LogP contribution in [0.15, 0.2) is 291 Å². The summed E-state index contributed by atoms with van der Waals surface area (Å²) in [4.78, 5) is 9.13. The van der Waals surface area contributed by atoms with E-state index in [4.69, 9.17) is 18.8 Å². The minimum absolute atomic E-state index is 0.204. The molecular formula is C98H106N4O9S2. The highest BCUT2D eigenvalue weighted by Gasteiger charge is 2.21. The van der Waals surface area contributed by atoms with Crippen molar-refractivity contribution in [2.24, 2.45) is 23.7 Å². The van der Waals surface area contributed by atoms with Crippen molar-refractivity contribution in [1.82, 2.24) is 0 Å². The van der Waals surface area contributed by atoms with Crippen LogP contribution in [-0.4, -0.2) is 50.7 Å². The van der Waals surface area contributed by atoms with Gasteiger partial charge in [-0.25, -0.2) is 0 Å². The first kappa shape index (κ1) is 82.0. The van der Waals surface area contributed by atoms with Crippen LogP contribution in [0, 0.1) is 23.7 Å². The van der Waals surface area contributed by atoms with Gasteiger partial charge in [0.2, 0.25) is 0 Å². The molecule has 0 aliphatic heterocycles. The van der Waals surface area contributed by atoms with Crippen LogP contribution in [0.4, 0.5) is 68.2 Å². The van der Waals surface area contributed by atoms with Gasteiger partial charge in [-0.05, 0) is 275 Å². The van der Waals surface area contributed by atoms with Crippen molar-refractivity contribution in [2.45, 2.75) is 120 Å². The van der Waals surface area contributed by atoms with Crippen molar-refractivity contribution in [3.8, 4) is 22.3 Å². The van der Waals surface area contributed by atoms with Crippen LogP contribution in [0.5, 0.6) is 0 Å². The molecule has 0 amide bonds. The van der Waals surface area contributed by atoms with E-state index in [-0.39, 0.29) is 37.6 Å². The van der Waals surface area contributed by atoms with Gasteiger partial charge in [0.15, 0.2) is 0 Å². The fraction of sp³-hybridized carbons (Fsp3) is 0.265. The number of rotatable bonds is 38. The molecule has 15 heteroatoms. The summed E-state index contributed by atoms with van der Waals surface area (Å²) in [6, 6.07) is 104. The molecule has 0 saturated carbocycles. The van der Waals surface area contributed by atoms with Crippen molar-refractivity contribution >= 4 is 88.5 Å². The fourth-order valence-corrected chi connectivity index (χ4v) is 15.3. The van der Waals surface area contributed by atoms with E-state index in [1.165, 1.54) is 22.3 Å². The summed E-state index contributed by atoms with van der Waals surface area (Å²) in [7, 11) is -8.09. The lowest BCUT2D eigenvalue weighted by molar-refractivity contribution is 0.107. The van der Waals surface area contributed by atoms with Gasteiger partial charge in [0.25, 0.3) is 20.2 Å². The fourth-order valence-electron chi connectivity index (χ4n) is 14.3. The van der Waals surface area contributed by atoms with Crippen molar-refractivity contribution < 1.29 is 40.2 Å². The maximum Gasteiger partial charge on any atom is 0.264 e. The third-order valence-electron chi connectivity index (χ3n) is 19.8. The smallest absolute Gasteiger partial charge is 0.264 e. The molecule has 12 rings (SSSR count). The first-order chi connectivity index (χ1) is 54.5. The molecule has 0 heterocycles. The summed E-state index contributed by atoms with van der Waals surface area (Å²) in [5.74, 6) is 1.55. The molecule has 12 aromatic carbocycles. The maximum absolute atomic E-state index is 11.3. The minimum Gasteiger partial charge on any atom is -0.377 e. The molecule has 0 fully saturated rings. The number of nitrogens with zero attached hydrogens (tertiary/aromatic N) is 4. The second-order valence-electron chi connectivity index (χ2n) is 31.1. The Morgan fingerprint density at radius 1 is 0.230 bits per heavy atom. The molecule has 13 nitrogen and oxygen atoms in total. The molecule has 12 aromatic rings. The van der Waals surface area contributed by atoms with Crippen LogP contribution in [0.2, 0.25) is 0 Å². The minimum atomic E-state index is -4.06. The first-order valence-electron chi connectivity index (χ1n) is 39.5. The quantitative estimate of drug-likeness (QED) is 0.0279. The van der Waals surface area contributed by atoms with Crippen LogP contribution in [0.1, 0.15) is 113 Å². The van der Waals surface area contributed by atoms with Gasteiger partial charge in [-0.15, -0.1) is 0 Å². The van der Waals surface area contributed by atoms with E-state index in [1.807, 2.05) is 24.3 Å². The Bertz CT molecular complexity index is 5130. The number of anilines is 12. The molecule has 0 atom stereocenters.